The summed E-state index contributed by atoms with van der Waals surface area (Å²) in [7, 11) is 3.28. The number of carbonyl (C=O) groups is 1. The number of aryl methyl sites for hydroxylation is 1. The normalized spacial score (nSPS) is 10.3. The van der Waals surface area contributed by atoms with Crippen molar-refractivity contribution < 1.29 is 4.79 Å². The zero-order valence-electron chi connectivity index (χ0n) is 10.3. The molecule has 0 radical (unpaired) electrons. The molecule has 1 aromatic heterocycles. The van der Waals surface area contributed by atoms with Gasteiger partial charge in [0.15, 0.2) is 0 Å². The van der Waals surface area contributed by atoms with Crippen molar-refractivity contribution in [1.29, 1.82) is 0 Å². The van der Waals surface area contributed by atoms with Crippen molar-refractivity contribution in [2.75, 3.05) is 14.1 Å². The highest BCUT2D eigenvalue weighted by Crippen LogP contribution is 1.89. The van der Waals surface area contributed by atoms with E-state index in [-0.39, 0.29) is 30.1 Å². The summed E-state index contributed by atoms with van der Waals surface area (Å²) >= 11 is 0. The Morgan fingerprint density at radius 1 is 1.35 bits per heavy atom. The molecule has 0 aliphatic heterocycles. The van der Waals surface area contributed by atoms with E-state index in [1.165, 1.54) is 21.7 Å². The molecule has 17 heavy (non-hydrogen) atoms. The van der Waals surface area contributed by atoms with Gasteiger partial charge in [-0.2, -0.15) is 0 Å². The molecule has 0 aliphatic carbocycles. The van der Waals surface area contributed by atoms with E-state index in [0.29, 0.717) is 6.54 Å². The van der Waals surface area contributed by atoms with Gasteiger partial charge in [0.05, 0.1) is 0 Å². The molecule has 0 aromatic carbocycles. The molecule has 1 amide bonds. The summed E-state index contributed by atoms with van der Waals surface area (Å²) in [6.07, 6.45) is 1.62. The first-order chi connectivity index (χ1) is 7.97. The van der Waals surface area contributed by atoms with Crippen molar-refractivity contribution >= 4 is 5.91 Å². The van der Waals surface area contributed by atoms with E-state index in [1.807, 2.05) is 6.92 Å². The van der Waals surface area contributed by atoms with Gasteiger partial charge in [0.1, 0.15) is 0 Å². The second-order valence-corrected chi connectivity index (χ2v) is 3.91. The van der Waals surface area contributed by atoms with Crippen LogP contribution in [0.4, 0.5) is 0 Å². The fourth-order valence-electron chi connectivity index (χ4n) is 1.43. The van der Waals surface area contributed by atoms with Crippen LogP contribution in [0.2, 0.25) is 0 Å². The lowest BCUT2D eigenvalue weighted by Crippen LogP contribution is -2.39. The minimum absolute atomic E-state index is 0.108. The molecule has 0 bridgehead atoms. The minimum Gasteiger partial charge on any atom is -0.349 e. The topological polar surface area (TPSA) is 64.3 Å². The number of aromatic nitrogens is 2. The molecule has 1 heterocycles. The van der Waals surface area contributed by atoms with Crippen LogP contribution >= 0.6 is 0 Å². The number of nitrogens with zero attached hydrogens (tertiary/aromatic N) is 3. The molecule has 1 aromatic rings. The first-order valence-corrected chi connectivity index (χ1v) is 5.47. The Labute approximate surface area is 99.1 Å². The lowest BCUT2D eigenvalue weighted by Gasteiger charge is -2.11. The molecular weight excluding hydrogens is 222 g/mol. The lowest BCUT2D eigenvalue weighted by molar-refractivity contribution is -0.128. The standard InChI is InChI=1S/C11H17N3O3/c1-4-13-7-5-10(16)14(11(13)17)8-6-9(15)12(2)3/h5,7H,4,6,8H2,1-3H3. The number of hydrogen-bond acceptors (Lipinski definition) is 3. The smallest absolute Gasteiger partial charge is 0.330 e. The van der Waals surface area contributed by atoms with Crippen molar-refractivity contribution in [1.82, 2.24) is 14.0 Å². The molecule has 0 saturated carbocycles. The molecule has 0 saturated heterocycles. The summed E-state index contributed by atoms with van der Waals surface area (Å²) in [5.41, 5.74) is -0.738. The van der Waals surface area contributed by atoms with Crippen molar-refractivity contribution in [3.8, 4) is 0 Å². The first-order valence-electron chi connectivity index (χ1n) is 5.47. The van der Waals surface area contributed by atoms with E-state index < -0.39 is 0 Å². The van der Waals surface area contributed by atoms with Gasteiger partial charge >= 0.3 is 5.69 Å². The molecule has 0 aliphatic rings. The van der Waals surface area contributed by atoms with Gasteiger partial charge in [-0.15, -0.1) is 0 Å². The highest BCUT2D eigenvalue weighted by Gasteiger charge is 2.08. The van der Waals surface area contributed by atoms with E-state index in [2.05, 4.69) is 0 Å². The lowest BCUT2D eigenvalue weighted by atomic mass is 10.3. The van der Waals surface area contributed by atoms with E-state index >= 15 is 0 Å². The van der Waals surface area contributed by atoms with Crippen LogP contribution in [0, 0.1) is 0 Å². The highest BCUT2D eigenvalue weighted by molar-refractivity contribution is 5.75. The SMILES string of the molecule is CCn1ccc(=O)n(CCC(=O)N(C)C)c1=O. The van der Waals surface area contributed by atoms with Crippen molar-refractivity contribution in [2.24, 2.45) is 0 Å². The minimum atomic E-state index is -0.369. The third kappa shape index (κ3) is 3.05. The summed E-state index contributed by atoms with van der Waals surface area (Å²) in [6.45, 7) is 2.44. The van der Waals surface area contributed by atoms with Crippen molar-refractivity contribution in [3.05, 3.63) is 33.1 Å². The van der Waals surface area contributed by atoms with Gasteiger partial charge in [0, 0.05) is 45.9 Å². The fourth-order valence-corrected chi connectivity index (χ4v) is 1.43. The van der Waals surface area contributed by atoms with Crippen LogP contribution < -0.4 is 11.2 Å². The zero-order chi connectivity index (χ0) is 13.0. The Bertz CT molecular complexity index is 513. The Balaban J connectivity index is 2.95. The summed E-state index contributed by atoms with van der Waals surface area (Å²) in [5, 5.41) is 0. The predicted octanol–water partition coefficient (Wildman–Crippen LogP) is -0.492. The van der Waals surface area contributed by atoms with Crippen molar-refractivity contribution in [2.45, 2.75) is 26.4 Å². The van der Waals surface area contributed by atoms with Gasteiger partial charge in [0.2, 0.25) is 5.91 Å². The molecule has 6 heteroatoms. The van der Waals surface area contributed by atoms with Gasteiger partial charge in [-0.1, -0.05) is 0 Å². The number of amides is 1. The Morgan fingerprint density at radius 2 is 2.00 bits per heavy atom. The van der Waals surface area contributed by atoms with Gasteiger partial charge in [0.25, 0.3) is 5.56 Å². The van der Waals surface area contributed by atoms with Gasteiger partial charge in [-0.05, 0) is 6.92 Å². The maximum atomic E-state index is 11.8. The molecule has 6 nitrogen and oxygen atoms in total. The maximum absolute atomic E-state index is 11.8. The Hall–Kier alpha value is -1.85. The molecule has 1 rings (SSSR count). The second-order valence-electron chi connectivity index (χ2n) is 3.91. The number of carbonyl (C=O) groups excluding carboxylic acids is 1. The van der Waals surface area contributed by atoms with Crippen LogP contribution in [0.1, 0.15) is 13.3 Å². The molecule has 0 spiro atoms. The van der Waals surface area contributed by atoms with Crippen LogP contribution in [0.25, 0.3) is 0 Å². The maximum Gasteiger partial charge on any atom is 0.330 e. The zero-order valence-corrected chi connectivity index (χ0v) is 10.3. The van der Waals surface area contributed by atoms with Crippen LogP contribution in [0.3, 0.4) is 0 Å². The Kier molecular flexibility index (Phi) is 4.25. The number of hydrogen-bond donors (Lipinski definition) is 0. The summed E-state index contributed by atoms with van der Waals surface area (Å²) in [6, 6.07) is 1.34. The largest absolute Gasteiger partial charge is 0.349 e. The molecule has 0 atom stereocenters. The van der Waals surface area contributed by atoms with E-state index in [4.69, 9.17) is 0 Å². The van der Waals surface area contributed by atoms with E-state index in [1.54, 1.807) is 14.1 Å². The van der Waals surface area contributed by atoms with Crippen LogP contribution in [-0.4, -0.2) is 34.0 Å². The molecule has 0 N–H and O–H groups in total. The highest BCUT2D eigenvalue weighted by atomic mass is 16.2. The van der Waals surface area contributed by atoms with Gasteiger partial charge in [-0.3, -0.25) is 14.2 Å². The van der Waals surface area contributed by atoms with Gasteiger partial charge in [-0.25, -0.2) is 4.79 Å². The molecule has 0 fully saturated rings. The summed E-state index contributed by atoms with van der Waals surface area (Å²) in [4.78, 5) is 36.2. The third-order valence-corrected chi connectivity index (χ3v) is 2.53. The summed E-state index contributed by atoms with van der Waals surface area (Å²) in [5.74, 6) is -0.108. The second kappa shape index (κ2) is 5.47. The van der Waals surface area contributed by atoms with Crippen LogP contribution in [0.15, 0.2) is 21.9 Å². The molecular formula is C11H17N3O3. The van der Waals surface area contributed by atoms with E-state index in [9.17, 15) is 14.4 Å². The quantitative estimate of drug-likeness (QED) is 0.712. The molecule has 0 unspecified atom stereocenters. The van der Waals surface area contributed by atoms with Crippen LogP contribution in [-0.2, 0) is 17.9 Å². The first kappa shape index (κ1) is 13.2. The van der Waals surface area contributed by atoms with Crippen molar-refractivity contribution in [3.63, 3.8) is 0 Å². The van der Waals surface area contributed by atoms with E-state index in [0.717, 1.165) is 4.57 Å². The fraction of sp³-hybridized carbons (Fsp3) is 0.545. The predicted molar refractivity (Wildman–Crippen MR) is 63.9 cm³/mol. The molecule has 94 valence electrons. The third-order valence-electron chi connectivity index (χ3n) is 2.53. The van der Waals surface area contributed by atoms with Gasteiger partial charge < -0.3 is 9.47 Å². The Morgan fingerprint density at radius 3 is 2.53 bits per heavy atom. The average Bonchev–Trinajstić information content (AvgIpc) is 2.28. The monoisotopic (exact) mass is 239 g/mol. The summed E-state index contributed by atoms with van der Waals surface area (Å²) < 4.78 is 2.52. The number of rotatable bonds is 4. The average molecular weight is 239 g/mol. The van der Waals surface area contributed by atoms with Crippen LogP contribution in [0.5, 0.6) is 0 Å².